The lowest BCUT2D eigenvalue weighted by molar-refractivity contribution is 0.335. The minimum absolute atomic E-state index is 0.125. The van der Waals surface area contributed by atoms with E-state index in [0.717, 1.165) is 38.0 Å². The Labute approximate surface area is 97.3 Å². The topological polar surface area (TPSA) is 29.3 Å². The average molecular weight is 224 g/mol. The summed E-state index contributed by atoms with van der Waals surface area (Å²) in [6, 6.07) is 5.33. The fourth-order valence-electron chi connectivity index (χ4n) is 1.66. The van der Waals surface area contributed by atoms with Crippen LogP contribution in [0, 0.1) is 12.7 Å². The first-order valence-electron chi connectivity index (χ1n) is 5.77. The van der Waals surface area contributed by atoms with Gasteiger partial charge in [0.05, 0.1) is 0 Å². The van der Waals surface area contributed by atoms with Gasteiger partial charge in [-0.3, -0.25) is 0 Å². The predicted molar refractivity (Wildman–Crippen MR) is 66.0 cm³/mol. The van der Waals surface area contributed by atoms with Gasteiger partial charge in [-0.05, 0) is 57.1 Å². The summed E-state index contributed by atoms with van der Waals surface area (Å²) in [6.45, 7) is 4.55. The standard InChI is InChI=1S/C13H21FN2/c1-11-10-12(4-5-13(11)14)6-9-16(2)8-3-7-15/h4-5,10H,3,6-9,15H2,1-2H3. The largest absolute Gasteiger partial charge is 0.330 e. The van der Waals surface area contributed by atoms with Gasteiger partial charge in [-0.25, -0.2) is 4.39 Å². The Bertz CT molecular complexity index is 326. The molecule has 0 bridgehead atoms. The highest BCUT2D eigenvalue weighted by atomic mass is 19.1. The van der Waals surface area contributed by atoms with Gasteiger partial charge in [-0.1, -0.05) is 12.1 Å². The van der Waals surface area contributed by atoms with E-state index in [4.69, 9.17) is 5.73 Å². The second kappa shape index (κ2) is 6.61. The molecule has 2 N–H and O–H groups in total. The SMILES string of the molecule is Cc1cc(CCN(C)CCCN)ccc1F. The molecule has 0 saturated carbocycles. The van der Waals surface area contributed by atoms with Crippen molar-refractivity contribution in [2.75, 3.05) is 26.7 Å². The van der Waals surface area contributed by atoms with Gasteiger partial charge >= 0.3 is 0 Å². The Hall–Kier alpha value is -0.930. The van der Waals surface area contributed by atoms with Crippen LogP contribution in [0.2, 0.25) is 0 Å². The maximum atomic E-state index is 13.0. The highest BCUT2D eigenvalue weighted by Crippen LogP contribution is 2.10. The Balaban J connectivity index is 2.39. The smallest absolute Gasteiger partial charge is 0.126 e. The molecular weight excluding hydrogens is 203 g/mol. The van der Waals surface area contributed by atoms with Crippen LogP contribution in [0.3, 0.4) is 0 Å². The summed E-state index contributed by atoms with van der Waals surface area (Å²) in [5.41, 5.74) is 7.37. The number of rotatable bonds is 6. The number of halogens is 1. The summed E-state index contributed by atoms with van der Waals surface area (Å²) < 4.78 is 13.0. The molecule has 0 aliphatic rings. The van der Waals surface area contributed by atoms with E-state index in [0.29, 0.717) is 0 Å². The van der Waals surface area contributed by atoms with Crippen molar-refractivity contribution in [2.24, 2.45) is 5.73 Å². The van der Waals surface area contributed by atoms with Gasteiger partial charge in [0.25, 0.3) is 0 Å². The molecule has 1 aromatic rings. The second-order valence-electron chi connectivity index (χ2n) is 4.28. The van der Waals surface area contributed by atoms with Crippen molar-refractivity contribution in [1.29, 1.82) is 0 Å². The monoisotopic (exact) mass is 224 g/mol. The molecule has 90 valence electrons. The Morgan fingerprint density at radius 3 is 2.69 bits per heavy atom. The van der Waals surface area contributed by atoms with Crippen LogP contribution >= 0.6 is 0 Å². The number of likely N-dealkylation sites (N-methyl/N-ethyl adjacent to an activating group) is 1. The lowest BCUT2D eigenvalue weighted by Gasteiger charge is -2.16. The van der Waals surface area contributed by atoms with E-state index >= 15 is 0 Å². The Morgan fingerprint density at radius 1 is 1.31 bits per heavy atom. The van der Waals surface area contributed by atoms with Crippen molar-refractivity contribution in [2.45, 2.75) is 19.8 Å². The second-order valence-corrected chi connectivity index (χ2v) is 4.28. The minimum atomic E-state index is -0.125. The summed E-state index contributed by atoms with van der Waals surface area (Å²) in [6.07, 6.45) is 1.99. The van der Waals surface area contributed by atoms with Crippen molar-refractivity contribution in [1.82, 2.24) is 4.90 Å². The molecule has 0 fully saturated rings. The molecule has 0 saturated heterocycles. The molecule has 0 atom stereocenters. The zero-order valence-corrected chi connectivity index (χ0v) is 10.2. The van der Waals surface area contributed by atoms with Crippen LogP contribution in [-0.4, -0.2) is 31.6 Å². The van der Waals surface area contributed by atoms with Crippen molar-refractivity contribution < 1.29 is 4.39 Å². The molecule has 1 rings (SSSR count). The van der Waals surface area contributed by atoms with E-state index in [9.17, 15) is 4.39 Å². The van der Waals surface area contributed by atoms with Crippen molar-refractivity contribution >= 4 is 0 Å². The zero-order valence-electron chi connectivity index (χ0n) is 10.2. The van der Waals surface area contributed by atoms with Crippen LogP contribution in [0.5, 0.6) is 0 Å². The molecule has 0 heterocycles. The van der Waals surface area contributed by atoms with Gasteiger partial charge in [-0.2, -0.15) is 0 Å². The first kappa shape index (κ1) is 13.1. The lowest BCUT2D eigenvalue weighted by Crippen LogP contribution is -2.24. The average Bonchev–Trinajstić information content (AvgIpc) is 2.28. The maximum Gasteiger partial charge on any atom is 0.126 e. The molecule has 0 aliphatic heterocycles. The van der Waals surface area contributed by atoms with Gasteiger partial charge in [-0.15, -0.1) is 0 Å². The van der Waals surface area contributed by atoms with Gasteiger partial charge < -0.3 is 10.6 Å². The van der Waals surface area contributed by atoms with Crippen LogP contribution in [0.25, 0.3) is 0 Å². The van der Waals surface area contributed by atoms with Crippen LogP contribution in [-0.2, 0) is 6.42 Å². The molecule has 2 nitrogen and oxygen atoms in total. The molecule has 0 unspecified atom stereocenters. The van der Waals surface area contributed by atoms with Crippen molar-refractivity contribution in [3.8, 4) is 0 Å². The molecule has 0 spiro atoms. The first-order chi connectivity index (χ1) is 7.63. The molecule has 0 amide bonds. The van der Waals surface area contributed by atoms with E-state index in [2.05, 4.69) is 11.9 Å². The number of hydrogen-bond acceptors (Lipinski definition) is 2. The fourth-order valence-corrected chi connectivity index (χ4v) is 1.66. The summed E-state index contributed by atoms with van der Waals surface area (Å²) >= 11 is 0. The predicted octanol–water partition coefficient (Wildman–Crippen LogP) is 1.96. The molecule has 0 aromatic heterocycles. The zero-order chi connectivity index (χ0) is 12.0. The molecule has 16 heavy (non-hydrogen) atoms. The highest BCUT2D eigenvalue weighted by Gasteiger charge is 2.01. The van der Waals surface area contributed by atoms with Crippen LogP contribution in [0.1, 0.15) is 17.5 Å². The van der Waals surface area contributed by atoms with Gasteiger partial charge in [0.2, 0.25) is 0 Å². The normalized spacial score (nSPS) is 11.1. The molecule has 0 aliphatic carbocycles. The fraction of sp³-hybridized carbons (Fsp3) is 0.538. The van der Waals surface area contributed by atoms with Crippen LogP contribution in [0.4, 0.5) is 4.39 Å². The first-order valence-corrected chi connectivity index (χ1v) is 5.77. The number of aryl methyl sites for hydroxylation is 1. The Kier molecular flexibility index (Phi) is 5.43. The third-order valence-corrected chi connectivity index (χ3v) is 2.75. The van der Waals surface area contributed by atoms with Gasteiger partial charge in [0, 0.05) is 6.54 Å². The van der Waals surface area contributed by atoms with Crippen molar-refractivity contribution in [3.05, 3.63) is 35.1 Å². The molecule has 0 radical (unpaired) electrons. The van der Waals surface area contributed by atoms with E-state index in [1.807, 2.05) is 12.1 Å². The summed E-state index contributed by atoms with van der Waals surface area (Å²) in [7, 11) is 2.09. The van der Waals surface area contributed by atoms with Crippen molar-refractivity contribution in [3.63, 3.8) is 0 Å². The van der Waals surface area contributed by atoms with Gasteiger partial charge in [0.1, 0.15) is 5.82 Å². The number of nitrogens with zero attached hydrogens (tertiary/aromatic N) is 1. The highest BCUT2D eigenvalue weighted by molar-refractivity contribution is 5.24. The van der Waals surface area contributed by atoms with E-state index in [1.165, 1.54) is 5.56 Å². The molecular formula is C13H21FN2. The van der Waals surface area contributed by atoms with E-state index in [1.54, 1.807) is 13.0 Å². The third-order valence-electron chi connectivity index (χ3n) is 2.75. The van der Waals surface area contributed by atoms with Crippen LogP contribution in [0.15, 0.2) is 18.2 Å². The summed E-state index contributed by atoms with van der Waals surface area (Å²) in [4.78, 5) is 2.26. The molecule has 1 aromatic carbocycles. The Morgan fingerprint density at radius 2 is 2.06 bits per heavy atom. The quantitative estimate of drug-likeness (QED) is 0.800. The summed E-state index contributed by atoms with van der Waals surface area (Å²) in [5.74, 6) is -0.125. The number of benzene rings is 1. The van der Waals surface area contributed by atoms with Gasteiger partial charge in [0.15, 0.2) is 0 Å². The number of hydrogen-bond donors (Lipinski definition) is 1. The maximum absolute atomic E-state index is 13.0. The number of nitrogens with two attached hydrogens (primary N) is 1. The summed E-state index contributed by atoms with van der Waals surface area (Å²) in [5, 5.41) is 0. The van der Waals surface area contributed by atoms with E-state index in [-0.39, 0.29) is 5.82 Å². The van der Waals surface area contributed by atoms with Crippen LogP contribution < -0.4 is 5.73 Å². The lowest BCUT2D eigenvalue weighted by atomic mass is 10.1. The van der Waals surface area contributed by atoms with E-state index < -0.39 is 0 Å². The molecule has 3 heteroatoms. The third kappa shape index (κ3) is 4.29. The minimum Gasteiger partial charge on any atom is -0.330 e.